The van der Waals surface area contributed by atoms with Crippen LogP contribution >= 0.6 is 0 Å². The van der Waals surface area contributed by atoms with E-state index in [0.29, 0.717) is 12.0 Å². The summed E-state index contributed by atoms with van der Waals surface area (Å²) in [7, 11) is 0. The second kappa shape index (κ2) is 11.6. The predicted molar refractivity (Wildman–Crippen MR) is 138 cm³/mol. The molecule has 0 radical (unpaired) electrons. The van der Waals surface area contributed by atoms with Gasteiger partial charge in [-0.25, -0.2) is 4.68 Å². The first-order valence-electron chi connectivity index (χ1n) is 12.7. The average Bonchev–Trinajstić information content (AvgIpc) is 3.09. The Morgan fingerprint density at radius 3 is 2.35 bits per heavy atom. The first kappa shape index (κ1) is 25.9. The molecule has 7 heteroatoms. The third kappa shape index (κ3) is 6.47. The number of Topliss-reactive ketones (excluding diaryl/α,β-unsaturated/α-hetero) is 1. The van der Waals surface area contributed by atoms with Gasteiger partial charge in [0.15, 0.2) is 5.78 Å². The van der Waals surface area contributed by atoms with Crippen molar-refractivity contribution in [3.8, 4) is 5.69 Å². The Kier molecular flexibility index (Phi) is 8.89. The van der Waals surface area contributed by atoms with Crippen LogP contribution in [0.5, 0.6) is 0 Å². The maximum atomic E-state index is 12.8. The number of primary amides is 1. The molecule has 1 amide bonds. The monoisotopic (exact) mass is 467 g/mol. The summed E-state index contributed by atoms with van der Waals surface area (Å²) < 4.78 is 1.87. The number of ketones is 1. The van der Waals surface area contributed by atoms with E-state index in [1.54, 1.807) is 6.07 Å². The molecule has 0 bridgehead atoms. The van der Waals surface area contributed by atoms with E-state index in [9.17, 15) is 9.59 Å². The zero-order valence-corrected chi connectivity index (χ0v) is 21.1. The number of nitrogens with one attached hydrogen (secondary N) is 1. The number of hydrogen-bond acceptors (Lipinski definition) is 5. The number of nitrogens with two attached hydrogens (primary N) is 2. The number of benzene rings is 1. The Bertz CT molecular complexity index is 1010. The highest BCUT2D eigenvalue weighted by Gasteiger charge is 2.35. The molecule has 1 aromatic heterocycles. The molecule has 1 heterocycles. The van der Waals surface area contributed by atoms with Gasteiger partial charge in [0.05, 0.1) is 28.2 Å². The summed E-state index contributed by atoms with van der Waals surface area (Å²) in [6.07, 6.45) is 10.9. The van der Waals surface area contributed by atoms with Crippen LogP contribution in [0.2, 0.25) is 0 Å². The van der Waals surface area contributed by atoms with Crippen LogP contribution < -0.4 is 16.8 Å². The van der Waals surface area contributed by atoms with E-state index in [1.807, 2.05) is 23.7 Å². The third-order valence-electron chi connectivity index (χ3n) is 6.68. The lowest BCUT2D eigenvalue weighted by molar-refractivity contribution is 0.0909. The van der Waals surface area contributed by atoms with Crippen molar-refractivity contribution in [2.75, 3.05) is 18.4 Å². The molecule has 0 spiro atoms. The second-order valence-electron chi connectivity index (χ2n) is 10.4. The van der Waals surface area contributed by atoms with Crippen molar-refractivity contribution in [3.05, 3.63) is 40.7 Å². The Morgan fingerprint density at radius 2 is 1.71 bits per heavy atom. The lowest BCUT2D eigenvalue weighted by Gasteiger charge is -2.29. The Morgan fingerprint density at radius 1 is 1.06 bits per heavy atom. The number of amides is 1. The molecular weight excluding hydrogens is 426 g/mol. The fourth-order valence-corrected chi connectivity index (χ4v) is 4.93. The van der Waals surface area contributed by atoms with Crippen LogP contribution in [-0.4, -0.2) is 34.6 Å². The minimum atomic E-state index is -0.457. The number of hydrogen-bond donors (Lipinski definition) is 3. The van der Waals surface area contributed by atoms with E-state index in [0.717, 1.165) is 67.1 Å². The van der Waals surface area contributed by atoms with E-state index in [1.165, 1.54) is 32.1 Å². The molecule has 1 aromatic carbocycles. The van der Waals surface area contributed by atoms with Crippen LogP contribution in [0.3, 0.4) is 0 Å². The predicted octanol–water partition coefficient (Wildman–Crippen LogP) is 4.93. The van der Waals surface area contributed by atoms with Gasteiger partial charge in [-0.2, -0.15) is 5.10 Å². The normalized spacial score (nSPS) is 14.8. The van der Waals surface area contributed by atoms with Crippen LogP contribution in [0.15, 0.2) is 18.2 Å². The lowest BCUT2D eigenvalue weighted by Crippen LogP contribution is -2.28. The van der Waals surface area contributed by atoms with Crippen LogP contribution in [0, 0.1) is 12.3 Å². The van der Waals surface area contributed by atoms with Crippen LogP contribution in [0.25, 0.3) is 5.69 Å². The SMILES string of the molecule is Cc1nn(-c2ccc(C(N)=O)c(NCCCCCCCCCCN)c2)c2c1C(=O)CC(C)(C)C2. The molecule has 1 aliphatic carbocycles. The van der Waals surface area contributed by atoms with Gasteiger partial charge < -0.3 is 16.8 Å². The van der Waals surface area contributed by atoms with Crippen LogP contribution in [0.4, 0.5) is 5.69 Å². The van der Waals surface area contributed by atoms with E-state index in [4.69, 9.17) is 16.6 Å². The molecule has 0 fully saturated rings. The molecule has 0 saturated heterocycles. The second-order valence-corrected chi connectivity index (χ2v) is 10.4. The molecule has 2 aromatic rings. The fraction of sp³-hybridized carbons (Fsp3) is 0.593. The first-order chi connectivity index (χ1) is 16.2. The van der Waals surface area contributed by atoms with Gasteiger partial charge in [0, 0.05) is 18.7 Å². The fourth-order valence-electron chi connectivity index (χ4n) is 4.93. The van der Waals surface area contributed by atoms with Gasteiger partial charge in [0.2, 0.25) is 0 Å². The molecule has 0 unspecified atom stereocenters. The Labute approximate surface area is 203 Å². The molecule has 0 atom stereocenters. The summed E-state index contributed by atoms with van der Waals surface area (Å²) in [6.45, 7) is 7.69. The van der Waals surface area contributed by atoms with Gasteiger partial charge in [-0.15, -0.1) is 0 Å². The van der Waals surface area contributed by atoms with Gasteiger partial charge in [0.25, 0.3) is 5.91 Å². The molecule has 3 rings (SSSR count). The molecular formula is C27H41N5O2. The molecule has 0 saturated carbocycles. The largest absolute Gasteiger partial charge is 0.384 e. The first-order valence-corrected chi connectivity index (χ1v) is 12.7. The zero-order chi connectivity index (χ0) is 24.7. The molecule has 34 heavy (non-hydrogen) atoms. The van der Waals surface area contributed by atoms with Crippen LogP contribution in [-0.2, 0) is 6.42 Å². The maximum absolute atomic E-state index is 12.8. The highest BCUT2D eigenvalue weighted by Crippen LogP contribution is 2.37. The zero-order valence-electron chi connectivity index (χ0n) is 21.1. The third-order valence-corrected chi connectivity index (χ3v) is 6.68. The van der Waals surface area contributed by atoms with Crippen molar-refractivity contribution in [3.63, 3.8) is 0 Å². The van der Waals surface area contributed by atoms with Gasteiger partial charge in [-0.3, -0.25) is 9.59 Å². The van der Waals surface area contributed by atoms with Gasteiger partial charge in [-0.05, 0) is 56.3 Å². The summed E-state index contributed by atoms with van der Waals surface area (Å²) >= 11 is 0. The molecule has 5 N–H and O–H groups in total. The number of unbranched alkanes of at least 4 members (excludes halogenated alkanes) is 7. The Hall–Kier alpha value is -2.67. The van der Waals surface area contributed by atoms with Crippen molar-refractivity contribution in [1.29, 1.82) is 0 Å². The number of rotatable bonds is 13. The van der Waals surface area contributed by atoms with E-state index in [-0.39, 0.29) is 11.2 Å². The van der Waals surface area contributed by atoms with E-state index in [2.05, 4.69) is 19.2 Å². The smallest absolute Gasteiger partial charge is 0.250 e. The maximum Gasteiger partial charge on any atom is 0.250 e. The standard InChI is InChI=1S/C27H41N5O2/c1-19-25-23(17-27(2,3)18-24(25)33)32(31-19)20-12-13-21(26(29)34)22(16-20)30-15-11-9-7-5-4-6-8-10-14-28/h12-13,16,30H,4-11,14-15,17-18,28H2,1-3H3,(H2,29,34). The number of fused-ring (bicyclic) bond motifs is 1. The van der Waals surface area contributed by atoms with Crippen molar-refractivity contribution in [2.45, 2.75) is 85.0 Å². The Balaban J connectivity index is 1.67. The van der Waals surface area contributed by atoms with Gasteiger partial charge in [-0.1, -0.05) is 52.4 Å². The quantitative estimate of drug-likeness (QED) is 0.361. The number of aryl methyl sites for hydroxylation is 1. The van der Waals surface area contributed by atoms with Crippen molar-refractivity contribution < 1.29 is 9.59 Å². The van der Waals surface area contributed by atoms with E-state index < -0.39 is 5.91 Å². The lowest BCUT2D eigenvalue weighted by atomic mass is 9.75. The summed E-state index contributed by atoms with van der Waals surface area (Å²) in [5.41, 5.74) is 15.5. The summed E-state index contributed by atoms with van der Waals surface area (Å²) in [5.74, 6) is -0.303. The summed E-state index contributed by atoms with van der Waals surface area (Å²) in [5, 5.41) is 8.11. The highest BCUT2D eigenvalue weighted by molar-refractivity contribution is 6.00. The highest BCUT2D eigenvalue weighted by atomic mass is 16.1. The van der Waals surface area contributed by atoms with Gasteiger partial charge >= 0.3 is 0 Å². The minimum absolute atomic E-state index is 0.104. The van der Waals surface area contributed by atoms with Crippen LogP contribution in [0.1, 0.15) is 104 Å². The molecule has 7 nitrogen and oxygen atoms in total. The number of aromatic nitrogens is 2. The molecule has 1 aliphatic rings. The van der Waals surface area contributed by atoms with E-state index >= 15 is 0 Å². The number of carbonyl (C=O) groups is 2. The summed E-state index contributed by atoms with van der Waals surface area (Å²) in [6, 6.07) is 5.53. The molecule has 186 valence electrons. The average molecular weight is 468 g/mol. The van der Waals surface area contributed by atoms with Crippen molar-refractivity contribution >= 4 is 17.4 Å². The minimum Gasteiger partial charge on any atom is -0.384 e. The number of nitrogens with zero attached hydrogens (tertiary/aromatic N) is 2. The summed E-state index contributed by atoms with van der Waals surface area (Å²) in [4.78, 5) is 24.8. The van der Waals surface area contributed by atoms with Crippen molar-refractivity contribution in [1.82, 2.24) is 9.78 Å². The molecule has 0 aliphatic heterocycles. The van der Waals surface area contributed by atoms with Gasteiger partial charge in [0.1, 0.15) is 0 Å². The number of anilines is 1. The number of carbonyl (C=O) groups excluding carboxylic acids is 2. The van der Waals surface area contributed by atoms with Crippen molar-refractivity contribution in [2.24, 2.45) is 16.9 Å². The topological polar surface area (TPSA) is 116 Å².